The van der Waals surface area contributed by atoms with E-state index in [0.717, 1.165) is 5.56 Å². The minimum atomic E-state index is -1.15. The Kier molecular flexibility index (Phi) is 3.38. The van der Waals surface area contributed by atoms with Crippen molar-refractivity contribution in [2.75, 3.05) is 0 Å². The maximum absolute atomic E-state index is 10.9. The SMILES string of the molecule is Cc1cncc(C(CC(=O)O)C(=O)O)c1. The van der Waals surface area contributed by atoms with Crippen molar-refractivity contribution in [3.63, 3.8) is 0 Å². The highest BCUT2D eigenvalue weighted by molar-refractivity contribution is 5.82. The molecular formula is C10H11NO4. The van der Waals surface area contributed by atoms with Gasteiger partial charge in [-0.1, -0.05) is 6.07 Å². The predicted molar refractivity (Wildman–Crippen MR) is 51.6 cm³/mol. The molecule has 2 N–H and O–H groups in total. The number of hydrogen-bond acceptors (Lipinski definition) is 3. The Labute approximate surface area is 86.4 Å². The highest BCUT2D eigenvalue weighted by Gasteiger charge is 2.23. The summed E-state index contributed by atoms with van der Waals surface area (Å²) in [7, 11) is 0. The molecule has 1 rings (SSSR count). The number of nitrogens with zero attached hydrogens (tertiary/aromatic N) is 1. The fraction of sp³-hybridized carbons (Fsp3) is 0.300. The number of carboxylic acids is 2. The summed E-state index contributed by atoms with van der Waals surface area (Å²) in [6.07, 6.45) is 2.54. The Balaban J connectivity index is 2.98. The van der Waals surface area contributed by atoms with Gasteiger partial charge >= 0.3 is 11.9 Å². The topological polar surface area (TPSA) is 87.5 Å². The van der Waals surface area contributed by atoms with Crippen LogP contribution in [0.4, 0.5) is 0 Å². The van der Waals surface area contributed by atoms with Crippen molar-refractivity contribution >= 4 is 11.9 Å². The Morgan fingerprint density at radius 3 is 2.53 bits per heavy atom. The Morgan fingerprint density at radius 1 is 1.40 bits per heavy atom. The molecule has 15 heavy (non-hydrogen) atoms. The van der Waals surface area contributed by atoms with Gasteiger partial charge in [-0.15, -0.1) is 0 Å². The Bertz CT molecular complexity index is 389. The quantitative estimate of drug-likeness (QED) is 0.773. The number of aryl methyl sites for hydroxylation is 1. The van der Waals surface area contributed by atoms with Gasteiger partial charge in [0.15, 0.2) is 0 Å². The first-order chi connectivity index (χ1) is 7.00. The van der Waals surface area contributed by atoms with Crippen LogP contribution in [0, 0.1) is 6.92 Å². The average molecular weight is 209 g/mol. The van der Waals surface area contributed by atoms with Crippen molar-refractivity contribution in [1.82, 2.24) is 4.98 Å². The molecule has 0 spiro atoms. The molecule has 0 aromatic carbocycles. The van der Waals surface area contributed by atoms with E-state index in [-0.39, 0.29) is 0 Å². The summed E-state index contributed by atoms with van der Waals surface area (Å²) in [6, 6.07) is 1.63. The molecular weight excluding hydrogens is 198 g/mol. The monoisotopic (exact) mass is 209 g/mol. The molecule has 0 saturated heterocycles. The van der Waals surface area contributed by atoms with E-state index >= 15 is 0 Å². The molecule has 5 heteroatoms. The standard InChI is InChI=1S/C10H11NO4/c1-6-2-7(5-11-4-6)8(10(14)15)3-9(12)13/h2,4-5,8H,3H2,1H3,(H,12,13)(H,14,15). The van der Waals surface area contributed by atoms with Gasteiger partial charge in [0.1, 0.15) is 0 Å². The van der Waals surface area contributed by atoms with Crippen LogP contribution in [0.5, 0.6) is 0 Å². The smallest absolute Gasteiger partial charge is 0.311 e. The summed E-state index contributed by atoms with van der Waals surface area (Å²) < 4.78 is 0. The third kappa shape index (κ3) is 3.05. The normalized spacial score (nSPS) is 12.1. The van der Waals surface area contributed by atoms with Gasteiger partial charge in [-0.3, -0.25) is 14.6 Å². The lowest BCUT2D eigenvalue weighted by Crippen LogP contribution is -2.16. The van der Waals surface area contributed by atoms with Crippen LogP contribution < -0.4 is 0 Å². The fourth-order valence-electron chi connectivity index (χ4n) is 1.29. The maximum atomic E-state index is 10.9. The van der Waals surface area contributed by atoms with Crippen molar-refractivity contribution in [3.8, 4) is 0 Å². The lowest BCUT2D eigenvalue weighted by Gasteiger charge is -2.09. The van der Waals surface area contributed by atoms with Crippen molar-refractivity contribution < 1.29 is 19.8 Å². The number of aliphatic carboxylic acids is 2. The molecule has 0 fully saturated rings. The molecule has 1 aromatic heterocycles. The maximum Gasteiger partial charge on any atom is 0.311 e. The Morgan fingerprint density at radius 2 is 2.07 bits per heavy atom. The summed E-state index contributed by atoms with van der Waals surface area (Å²) in [4.78, 5) is 25.2. The molecule has 1 aromatic rings. The van der Waals surface area contributed by atoms with Gasteiger partial charge in [0, 0.05) is 12.4 Å². The van der Waals surface area contributed by atoms with Crippen molar-refractivity contribution in [1.29, 1.82) is 0 Å². The highest BCUT2D eigenvalue weighted by atomic mass is 16.4. The molecule has 1 unspecified atom stereocenters. The van der Waals surface area contributed by atoms with E-state index in [1.165, 1.54) is 6.20 Å². The van der Waals surface area contributed by atoms with Gasteiger partial charge in [0.25, 0.3) is 0 Å². The molecule has 1 atom stereocenters. The van der Waals surface area contributed by atoms with Crippen molar-refractivity contribution in [2.24, 2.45) is 0 Å². The molecule has 0 aliphatic rings. The zero-order valence-corrected chi connectivity index (χ0v) is 8.17. The van der Waals surface area contributed by atoms with Crippen LogP contribution in [0.2, 0.25) is 0 Å². The molecule has 0 aliphatic heterocycles. The first kappa shape index (κ1) is 11.2. The van der Waals surface area contributed by atoms with E-state index in [4.69, 9.17) is 10.2 Å². The molecule has 5 nitrogen and oxygen atoms in total. The number of aromatic nitrogens is 1. The summed E-state index contributed by atoms with van der Waals surface area (Å²) in [5.41, 5.74) is 1.23. The van der Waals surface area contributed by atoms with Crippen LogP contribution in [-0.2, 0) is 9.59 Å². The lowest BCUT2D eigenvalue weighted by molar-refractivity contribution is -0.145. The molecule has 0 aliphatic carbocycles. The predicted octanol–water partition coefficient (Wildman–Crippen LogP) is 1.03. The van der Waals surface area contributed by atoms with Gasteiger partial charge in [0.05, 0.1) is 12.3 Å². The van der Waals surface area contributed by atoms with Gasteiger partial charge in [-0.05, 0) is 18.1 Å². The van der Waals surface area contributed by atoms with Crippen molar-refractivity contribution in [2.45, 2.75) is 19.3 Å². The number of rotatable bonds is 4. The molecule has 0 amide bonds. The van der Waals surface area contributed by atoms with Gasteiger partial charge in [0.2, 0.25) is 0 Å². The van der Waals surface area contributed by atoms with Gasteiger partial charge in [-0.25, -0.2) is 0 Å². The largest absolute Gasteiger partial charge is 0.481 e. The van der Waals surface area contributed by atoms with E-state index in [9.17, 15) is 9.59 Å². The second-order valence-electron chi connectivity index (χ2n) is 3.28. The number of carbonyl (C=O) groups is 2. The van der Waals surface area contributed by atoms with Gasteiger partial charge in [-0.2, -0.15) is 0 Å². The van der Waals surface area contributed by atoms with Crippen LogP contribution >= 0.6 is 0 Å². The second-order valence-corrected chi connectivity index (χ2v) is 3.28. The van der Waals surface area contributed by atoms with E-state index in [2.05, 4.69) is 4.98 Å². The number of pyridine rings is 1. The third-order valence-electron chi connectivity index (χ3n) is 1.98. The van der Waals surface area contributed by atoms with Crippen LogP contribution in [0.25, 0.3) is 0 Å². The minimum absolute atomic E-state index is 0.421. The van der Waals surface area contributed by atoms with Crippen LogP contribution in [0.1, 0.15) is 23.5 Å². The van der Waals surface area contributed by atoms with E-state index < -0.39 is 24.3 Å². The number of carboxylic acid groups (broad SMARTS) is 2. The zero-order chi connectivity index (χ0) is 11.4. The van der Waals surface area contributed by atoms with Crippen LogP contribution in [0.3, 0.4) is 0 Å². The van der Waals surface area contributed by atoms with E-state index in [1.54, 1.807) is 19.2 Å². The highest BCUT2D eigenvalue weighted by Crippen LogP contribution is 2.19. The van der Waals surface area contributed by atoms with Crippen LogP contribution in [0.15, 0.2) is 18.5 Å². The Hall–Kier alpha value is -1.91. The summed E-state index contributed by atoms with van der Waals surface area (Å²) in [6.45, 7) is 1.77. The molecule has 1 heterocycles. The molecule has 80 valence electrons. The second kappa shape index (κ2) is 4.54. The van der Waals surface area contributed by atoms with Gasteiger partial charge < -0.3 is 10.2 Å². The fourth-order valence-corrected chi connectivity index (χ4v) is 1.29. The summed E-state index contributed by atoms with van der Waals surface area (Å²) in [5.74, 6) is -3.32. The molecule has 0 radical (unpaired) electrons. The van der Waals surface area contributed by atoms with E-state index in [0.29, 0.717) is 5.56 Å². The third-order valence-corrected chi connectivity index (χ3v) is 1.98. The first-order valence-corrected chi connectivity index (χ1v) is 4.37. The van der Waals surface area contributed by atoms with E-state index in [1.807, 2.05) is 0 Å². The molecule has 0 saturated carbocycles. The summed E-state index contributed by atoms with van der Waals surface area (Å²) >= 11 is 0. The zero-order valence-electron chi connectivity index (χ0n) is 8.17. The first-order valence-electron chi connectivity index (χ1n) is 4.37. The van der Waals surface area contributed by atoms with Crippen molar-refractivity contribution in [3.05, 3.63) is 29.6 Å². The van der Waals surface area contributed by atoms with Crippen LogP contribution in [-0.4, -0.2) is 27.1 Å². The average Bonchev–Trinajstić information content (AvgIpc) is 2.13. The lowest BCUT2D eigenvalue weighted by atomic mass is 9.97. The number of hydrogen-bond donors (Lipinski definition) is 2. The minimum Gasteiger partial charge on any atom is -0.481 e. The summed E-state index contributed by atoms with van der Waals surface area (Å²) in [5, 5.41) is 17.5. The molecule has 0 bridgehead atoms.